The van der Waals surface area contributed by atoms with Gasteiger partial charge < -0.3 is 20.0 Å². The molecule has 0 radical (unpaired) electrons. The molecule has 7 nitrogen and oxygen atoms in total. The zero-order valence-electron chi connectivity index (χ0n) is 17.0. The van der Waals surface area contributed by atoms with Gasteiger partial charge in [-0.3, -0.25) is 9.59 Å². The van der Waals surface area contributed by atoms with E-state index in [4.69, 9.17) is 0 Å². The molecule has 2 aliphatic heterocycles. The first kappa shape index (κ1) is 19.4. The Hall–Kier alpha value is -2.93. The predicted octanol–water partition coefficient (Wildman–Crippen LogP) is 2.52. The average Bonchev–Trinajstić information content (AvgIpc) is 3.15. The van der Waals surface area contributed by atoms with Crippen molar-refractivity contribution in [1.29, 1.82) is 0 Å². The maximum atomic E-state index is 12.7. The lowest BCUT2D eigenvalue weighted by molar-refractivity contribution is -0.117. The van der Waals surface area contributed by atoms with Crippen LogP contribution in [-0.2, 0) is 4.79 Å². The summed E-state index contributed by atoms with van der Waals surface area (Å²) in [4.78, 5) is 35.7. The molecule has 1 N–H and O–H groups in total. The number of aromatic nitrogens is 1. The molecule has 4 rings (SSSR count). The molecular formula is C22H27N5O2. The number of anilines is 3. The summed E-state index contributed by atoms with van der Waals surface area (Å²) >= 11 is 0. The second-order valence-corrected chi connectivity index (χ2v) is 7.80. The third kappa shape index (κ3) is 4.24. The highest BCUT2D eigenvalue weighted by Crippen LogP contribution is 2.27. The first-order chi connectivity index (χ1) is 14.0. The van der Waals surface area contributed by atoms with E-state index < -0.39 is 0 Å². The van der Waals surface area contributed by atoms with Gasteiger partial charge in [0.05, 0.1) is 11.9 Å². The van der Waals surface area contributed by atoms with Gasteiger partial charge in [0.25, 0.3) is 5.91 Å². The molecule has 0 saturated carbocycles. The van der Waals surface area contributed by atoms with Crippen LogP contribution in [0.4, 0.5) is 17.2 Å². The van der Waals surface area contributed by atoms with Crippen LogP contribution in [-0.4, -0.2) is 61.5 Å². The van der Waals surface area contributed by atoms with E-state index in [1.54, 1.807) is 23.2 Å². The zero-order chi connectivity index (χ0) is 20.4. The van der Waals surface area contributed by atoms with Crippen LogP contribution < -0.4 is 15.1 Å². The molecule has 2 aliphatic rings. The minimum atomic E-state index is -0.202. The van der Waals surface area contributed by atoms with Gasteiger partial charge in [-0.2, -0.15) is 0 Å². The molecule has 0 aliphatic carbocycles. The Morgan fingerprint density at radius 1 is 1.07 bits per heavy atom. The van der Waals surface area contributed by atoms with E-state index in [0.29, 0.717) is 24.2 Å². The number of likely N-dealkylation sites (N-methyl/N-ethyl adjacent to an activating group) is 1. The quantitative estimate of drug-likeness (QED) is 0.865. The summed E-state index contributed by atoms with van der Waals surface area (Å²) in [6.45, 7) is 6.63. The highest BCUT2D eigenvalue weighted by Gasteiger charge is 2.24. The summed E-state index contributed by atoms with van der Waals surface area (Å²) in [6, 6.07) is 9.33. The van der Waals surface area contributed by atoms with E-state index in [1.807, 2.05) is 25.1 Å². The maximum Gasteiger partial charge on any atom is 0.255 e. The number of amides is 2. The highest BCUT2D eigenvalue weighted by molar-refractivity contribution is 6.06. The first-order valence-corrected chi connectivity index (χ1v) is 10.1. The van der Waals surface area contributed by atoms with Crippen molar-refractivity contribution in [3.63, 3.8) is 0 Å². The number of hydrogen-bond donors (Lipinski definition) is 1. The van der Waals surface area contributed by atoms with Crippen LogP contribution in [0.1, 0.15) is 28.8 Å². The fraction of sp³-hybridized carbons (Fsp3) is 0.409. The highest BCUT2D eigenvalue weighted by atomic mass is 16.2. The number of carbonyl (C=O) groups excluding carboxylic acids is 2. The van der Waals surface area contributed by atoms with Crippen molar-refractivity contribution in [2.45, 2.75) is 19.8 Å². The normalized spacial score (nSPS) is 17.7. The van der Waals surface area contributed by atoms with Crippen LogP contribution in [0.5, 0.6) is 0 Å². The Labute approximate surface area is 171 Å². The predicted molar refractivity (Wildman–Crippen MR) is 115 cm³/mol. The Bertz CT molecular complexity index is 904. The standard InChI is InChI=1S/C22H27N5O2/c1-16-5-6-17(14-19(16)27-9-3-4-21(27)28)22(29)24-18-7-8-20(23-15-18)26-12-10-25(2)11-13-26/h5-8,14-15H,3-4,9-13H2,1-2H3,(H,24,29). The number of pyridine rings is 1. The topological polar surface area (TPSA) is 68.8 Å². The summed E-state index contributed by atoms with van der Waals surface area (Å²) < 4.78 is 0. The Kier molecular flexibility index (Phi) is 5.49. The second kappa shape index (κ2) is 8.21. The van der Waals surface area contributed by atoms with E-state index in [-0.39, 0.29) is 11.8 Å². The van der Waals surface area contributed by atoms with Gasteiger partial charge in [0.1, 0.15) is 5.82 Å². The van der Waals surface area contributed by atoms with Crippen LogP contribution >= 0.6 is 0 Å². The van der Waals surface area contributed by atoms with Gasteiger partial charge in [-0.1, -0.05) is 6.07 Å². The Morgan fingerprint density at radius 2 is 1.86 bits per heavy atom. The van der Waals surface area contributed by atoms with Crippen molar-refractivity contribution in [2.75, 3.05) is 54.9 Å². The third-order valence-electron chi connectivity index (χ3n) is 5.67. The number of rotatable bonds is 4. The average molecular weight is 393 g/mol. The van der Waals surface area contributed by atoms with E-state index in [9.17, 15) is 9.59 Å². The van der Waals surface area contributed by atoms with Gasteiger partial charge in [-0.05, 0) is 50.2 Å². The number of piperazine rings is 1. The van der Waals surface area contributed by atoms with Crippen molar-refractivity contribution in [2.24, 2.45) is 0 Å². The molecule has 2 fully saturated rings. The third-order valence-corrected chi connectivity index (χ3v) is 5.67. The molecule has 152 valence electrons. The summed E-state index contributed by atoms with van der Waals surface area (Å²) in [5.74, 6) is 0.850. The molecule has 7 heteroatoms. The fourth-order valence-corrected chi connectivity index (χ4v) is 3.83. The van der Waals surface area contributed by atoms with Crippen LogP contribution in [0.2, 0.25) is 0 Å². The molecule has 0 unspecified atom stereocenters. The summed E-state index contributed by atoms with van der Waals surface area (Å²) in [7, 11) is 2.12. The van der Waals surface area contributed by atoms with Crippen LogP contribution in [0.25, 0.3) is 0 Å². The van der Waals surface area contributed by atoms with E-state index >= 15 is 0 Å². The van der Waals surface area contributed by atoms with Gasteiger partial charge in [-0.15, -0.1) is 0 Å². The SMILES string of the molecule is Cc1ccc(C(=O)Nc2ccc(N3CCN(C)CC3)nc2)cc1N1CCCC1=O. The number of hydrogen-bond acceptors (Lipinski definition) is 5. The lowest BCUT2D eigenvalue weighted by Gasteiger charge is -2.33. The molecule has 0 bridgehead atoms. The van der Waals surface area contributed by atoms with Crippen LogP contribution in [0.15, 0.2) is 36.5 Å². The van der Waals surface area contributed by atoms with Gasteiger partial charge in [0.2, 0.25) is 5.91 Å². The maximum absolute atomic E-state index is 12.7. The van der Waals surface area contributed by atoms with Crippen molar-refractivity contribution >= 4 is 29.0 Å². The molecule has 1 aromatic carbocycles. The van der Waals surface area contributed by atoms with E-state index in [2.05, 4.69) is 27.1 Å². The van der Waals surface area contributed by atoms with Crippen molar-refractivity contribution in [3.05, 3.63) is 47.7 Å². The lowest BCUT2D eigenvalue weighted by atomic mass is 10.1. The van der Waals surface area contributed by atoms with Crippen molar-refractivity contribution in [1.82, 2.24) is 9.88 Å². The van der Waals surface area contributed by atoms with Crippen molar-refractivity contribution in [3.8, 4) is 0 Å². The molecule has 3 heterocycles. The molecular weight excluding hydrogens is 366 g/mol. The summed E-state index contributed by atoms with van der Waals surface area (Å²) in [6.07, 6.45) is 3.13. The summed E-state index contributed by atoms with van der Waals surface area (Å²) in [5, 5.41) is 2.91. The molecule has 2 saturated heterocycles. The molecule has 2 amide bonds. The van der Waals surface area contributed by atoms with Gasteiger partial charge in [-0.25, -0.2) is 4.98 Å². The van der Waals surface area contributed by atoms with Gasteiger partial charge in [0, 0.05) is 50.4 Å². The first-order valence-electron chi connectivity index (χ1n) is 10.1. The van der Waals surface area contributed by atoms with E-state index in [1.165, 1.54) is 0 Å². The lowest BCUT2D eigenvalue weighted by Crippen LogP contribution is -2.44. The largest absolute Gasteiger partial charge is 0.354 e. The summed E-state index contributed by atoms with van der Waals surface area (Å²) in [5.41, 5.74) is 3.01. The Morgan fingerprint density at radius 3 is 2.52 bits per heavy atom. The number of benzene rings is 1. The van der Waals surface area contributed by atoms with Gasteiger partial charge in [0.15, 0.2) is 0 Å². The number of aryl methyl sites for hydroxylation is 1. The van der Waals surface area contributed by atoms with Crippen LogP contribution in [0.3, 0.4) is 0 Å². The fourth-order valence-electron chi connectivity index (χ4n) is 3.83. The molecule has 2 aromatic rings. The smallest absolute Gasteiger partial charge is 0.255 e. The number of nitrogens with one attached hydrogen (secondary N) is 1. The molecule has 1 aromatic heterocycles. The minimum Gasteiger partial charge on any atom is -0.354 e. The zero-order valence-corrected chi connectivity index (χ0v) is 17.0. The number of carbonyl (C=O) groups is 2. The Balaban J connectivity index is 1.45. The number of nitrogens with zero attached hydrogens (tertiary/aromatic N) is 4. The van der Waals surface area contributed by atoms with E-state index in [0.717, 1.165) is 49.7 Å². The minimum absolute atomic E-state index is 0.120. The van der Waals surface area contributed by atoms with Gasteiger partial charge >= 0.3 is 0 Å². The monoisotopic (exact) mass is 393 g/mol. The second-order valence-electron chi connectivity index (χ2n) is 7.80. The molecule has 29 heavy (non-hydrogen) atoms. The van der Waals surface area contributed by atoms with Crippen molar-refractivity contribution < 1.29 is 9.59 Å². The molecule has 0 spiro atoms. The van der Waals surface area contributed by atoms with Crippen LogP contribution in [0, 0.1) is 6.92 Å². The molecule has 0 atom stereocenters.